The van der Waals surface area contributed by atoms with E-state index in [1.807, 2.05) is 13.0 Å². The number of nitrogens with zero attached hydrogens (tertiary/aromatic N) is 3. The van der Waals surface area contributed by atoms with Crippen LogP contribution in [-0.2, 0) is 6.54 Å². The summed E-state index contributed by atoms with van der Waals surface area (Å²) < 4.78 is 0. The largest absolute Gasteiger partial charge is 0.506 e. The van der Waals surface area contributed by atoms with Crippen LogP contribution in [0.2, 0.25) is 0 Å². The highest BCUT2D eigenvalue weighted by Gasteiger charge is 2.21. The second-order valence-electron chi connectivity index (χ2n) is 5.35. The van der Waals surface area contributed by atoms with Crippen LogP contribution in [0, 0.1) is 6.92 Å². The minimum atomic E-state index is 0.311. The van der Waals surface area contributed by atoms with Crippen molar-refractivity contribution in [3.63, 3.8) is 0 Å². The van der Waals surface area contributed by atoms with Crippen molar-refractivity contribution in [1.82, 2.24) is 14.8 Å². The molecule has 0 radical (unpaired) electrons. The summed E-state index contributed by atoms with van der Waals surface area (Å²) in [6.45, 7) is 8.24. The molecule has 1 aliphatic heterocycles. The lowest BCUT2D eigenvalue weighted by Gasteiger charge is -2.27. The normalized spacial score (nSPS) is 22.9. The number of aromatic hydroxyl groups is 1. The van der Waals surface area contributed by atoms with E-state index < -0.39 is 0 Å². The van der Waals surface area contributed by atoms with E-state index in [9.17, 15) is 5.11 Å². The molecule has 0 saturated carbocycles. The molecule has 0 aromatic carbocycles. The van der Waals surface area contributed by atoms with Gasteiger partial charge < -0.3 is 10.0 Å². The fourth-order valence-corrected chi connectivity index (χ4v) is 2.57. The molecule has 2 rings (SSSR count). The zero-order chi connectivity index (χ0) is 13.1. The second kappa shape index (κ2) is 5.67. The summed E-state index contributed by atoms with van der Waals surface area (Å²) in [5, 5.41) is 9.87. The maximum Gasteiger partial charge on any atom is 0.138 e. The molecule has 1 unspecified atom stereocenters. The third-order valence-electron chi connectivity index (χ3n) is 3.63. The Hall–Kier alpha value is -1.13. The van der Waals surface area contributed by atoms with Crippen molar-refractivity contribution in [2.75, 3.05) is 26.7 Å². The van der Waals surface area contributed by atoms with Crippen LogP contribution in [0.25, 0.3) is 0 Å². The van der Waals surface area contributed by atoms with Crippen LogP contribution >= 0.6 is 0 Å². The van der Waals surface area contributed by atoms with E-state index in [4.69, 9.17) is 0 Å². The average molecular weight is 249 g/mol. The Bertz CT molecular complexity index is 408. The molecule has 2 heterocycles. The summed E-state index contributed by atoms with van der Waals surface area (Å²) >= 11 is 0. The fraction of sp³-hybridized carbons (Fsp3) is 0.643. The van der Waals surface area contributed by atoms with Crippen LogP contribution in [0.3, 0.4) is 0 Å². The smallest absolute Gasteiger partial charge is 0.138 e. The first-order valence-corrected chi connectivity index (χ1v) is 6.64. The van der Waals surface area contributed by atoms with Crippen LogP contribution in [0.4, 0.5) is 0 Å². The van der Waals surface area contributed by atoms with Gasteiger partial charge in [0.1, 0.15) is 5.75 Å². The number of hydrogen-bond acceptors (Lipinski definition) is 4. The van der Waals surface area contributed by atoms with Gasteiger partial charge in [0, 0.05) is 31.4 Å². The van der Waals surface area contributed by atoms with Gasteiger partial charge in [-0.3, -0.25) is 9.88 Å². The van der Waals surface area contributed by atoms with Gasteiger partial charge in [0.2, 0.25) is 0 Å². The summed E-state index contributed by atoms with van der Waals surface area (Å²) in [7, 11) is 2.17. The molecule has 1 N–H and O–H groups in total. The van der Waals surface area contributed by atoms with Gasteiger partial charge in [-0.05, 0) is 46.0 Å². The van der Waals surface area contributed by atoms with Crippen molar-refractivity contribution in [2.45, 2.75) is 32.9 Å². The number of aryl methyl sites for hydroxylation is 1. The van der Waals surface area contributed by atoms with Crippen molar-refractivity contribution < 1.29 is 5.11 Å². The Labute approximate surface area is 109 Å². The standard InChI is InChI=1S/C14H23N3O/c1-11-5-6-14(18)13(15-11)10-17-8-4-7-16(3)9-12(17)2/h5-6,12,18H,4,7-10H2,1-3H3. The van der Waals surface area contributed by atoms with Crippen LogP contribution in [0.15, 0.2) is 12.1 Å². The summed E-state index contributed by atoms with van der Waals surface area (Å²) in [5.74, 6) is 0.311. The van der Waals surface area contributed by atoms with E-state index >= 15 is 0 Å². The summed E-state index contributed by atoms with van der Waals surface area (Å²) in [6, 6.07) is 4.09. The summed E-state index contributed by atoms with van der Waals surface area (Å²) in [4.78, 5) is 9.22. The van der Waals surface area contributed by atoms with Gasteiger partial charge in [0.15, 0.2) is 0 Å². The van der Waals surface area contributed by atoms with Gasteiger partial charge in [0.25, 0.3) is 0 Å². The quantitative estimate of drug-likeness (QED) is 0.864. The minimum absolute atomic E-state index is 0.311. The van der Waals surface area contributed by atoms with E-state index in [0.717, 1.165) is 37.6 Å². The Kier molecular flexibility index (Phi) is 4.19. The molecule has 0 bridgehead atoms. The van der Waals surface area contributed by atoms with Gasteiger partial charge in [-0.2, -0.15) is 0 Å². The highest BCUT2D eigenvalue weighted by Crippen LogP contribution is 2.19. The molecule has 0 aliphatic carbocycles. The number of likely N-dealkylation sites (N-methyl/N-ethyl adjacent to an activating group) is 1. The molecule has 1 aliphatic rings. The molecule has 1 aromatic heterocycles. The van der Waals surface area contributed by atoms with E-state index in [1.165, 1.54) is 6.42 Å². The molecule has 4 heteroatoms. The molecule has 1 atom stereocenters. The van der Waals surface area contributed by atoms with E-state index in [0.29, 0.717) is 11.8 Å². The van der Waals surface area contributed by atoms with Gasteiger partial charge in [-0.1, -0.05) is 0 Å². The lowest BCUT2D eigenvalue weighted by atomic mass is 10.2. The molecule has 0 spiro atoms. The van der Waals surface area contributed by atoms with Crippen LogP contribution in [-0.4, -0.2) is 52.6 Å². The molecule has 1 saturated heterocycles. The Balaban J connectivity index is 2.09. The Morgan fingerprint density at radius 1 is 1.39 bits per heavy atom. The highest BCUT2D eigenvalue weighted by molar-refractivity contribution is 5.27. The molecular formula is C14H23N3O. The van der Waals surface area contributed by atoms with Crippen LogP contribution in [0.1, 0.15) is 24.7 Å². The molecule has 100 valence electrons. The minimum Gasteiger partial charge on any atom is -0.506 e. The Morgan fingerprint density at radius 2 is 2.17 bits per heavy atom. The van der Waals surface area contributed by atoms with E-state index in [2.05, 4.69) is 28.8 Å². The SMILES string of the molecule is Cc1ccc(O)c(CN2CCCN(C)CC2C)n1. The van der Waals surface area contributed by atoms with E-state index in [1.54, 1.807) is 6.07 Å². The zero-order valence-electron chi connectivity index (χ0n) is 11.6. The number of hydrogen-bond donors (Lipinski definition) is 1. The number of aromatic nitrogens is 1. The maximum absolute atomic E-state index is 9.87. The van der Waals surface area contributed by atoms with E-state index in [-0.39, 0.29) is 0 Å². The third kappa shape index (κ3) is 3.21. The van der Waals surface area contributed by atoms with Crippen LogP contribution < -0.4 is 0 Å². The van der Waals surface area contributed by atoms with Crippen molar-refractivity contribution in [3.8, 4) is 5.75 Å². The predicted molar refractivity (Wildman–Crippen MR) is 72.6 cm³/mol. The third-order valence-corrected chi connectivity index (χ3v) is 3.63. The lowest BCUT2D eigenvalue weighted by molar-refractivity contribution is 0.190. The van der Waals surface area contributed by atoms with Gasteiger partial charge in [-0.15, -0.1) is 0 Å². The molecule has 1 fully saturated rings. The Morgan fingerprint density at radius 3 is 2.94 bits per heavy atom. The first kappa shape index (κ1) is 13.3. The lowest BCUT2D eigenvalue weighted by Crippen LogP contribution is -2.37. The van der Waals surface area contributed by atoms with Crippen molar-refractivity contribution >= 4 is 0 Å². The molecule has 1 aromatic rings. The first-order chi connectivity index (χ1) is 8.56. The molecule has 18 heavy (non-hydrogen) atoms. The van der Waals surface area contributed by atoms with Crippen molar-refractivity contribution in [3.05, 3.63) is 23.5 Å². The highest BCUT2D eigenvalue weighted by atomic mass is 16.3. The molecule has 4 nitrogen and oxygen atoms in total. The number of rotatable bonds is 2. The van der Waals surface area contributed by atoms with Crippen LogP contribution in [0.5, 0.6) is 5.75 Å². The first-order valence-electron chi connectivity index (χ1n) is 6.64. The molecule has 0 amide bonds. The average Bonchev–Trinajstić information content (AvgIpc) is 2.46. The zero-order valence-corrected chi connectivity index (χ0v) is 11.6. The topological polar surface area (TPSA) is 39.6 Å². The van der Waals surface area contributed by atoms with Gasteiger partial charge in [-0.25, -0.2) is 0 Å². The van der Waals surface area contributed by atoms with Crippen molar-refractivity contribution in [1.29, 1.82) is 0 Å². The summed E-state index contributed by atoms with van der Waals surface area (Å²) in [5.41, 5.74) is 1.76. The molecular weight excluding hydrogens is 226 g/mol. The van der Waals surface area contributed by atoms with Crippen molar-refractivity contribution in [2.24, 2.45) is 0 Å². The summed E-state index contributed by atoms with van der Waals surface area (Å²) in [6.07, 6.45) is 1.17. The number of pyridine rings is 1. The van der Waals surface area contributed by atoms with Gasteiger partial charge in [0.05, 0.1) is 5.69 Å². The second-order valence-corrected chi connectivity index (χ2v) is 5.35. The fourth-order valence-electron chi connectivity index (χ4n) is 2.57. The monoisotopic (exact) mass is 249 g/mol. The van der Waals surface area contributed by atoms with Gasteiger partial charge >= 0.3 is 0 Å². The predicted octanol–water partition coefficient (Wildman–Crippen LogP) is 1.62. The maximum atomic E-state index is 9.87.